The van der Waals surface area contributed by atoms with Crippen LogP contribution in [0.2, 0.25) is 0 Å². The lowest BCUT2D eigenvalue weighted by atomic mass is 10.0. The number of hydrogen-bond donors (Lipinski definition) is 1. The summed E-state index contributed by atoms with van der Waals surface area (Å²) in [5.74, 6) is 0.134. The molecule has 1 atom stereocenters. The van der Waals surface area contributed by atoms with E-state index in [4.69, 9.17) is 5.73 Å². The highest BCUT2D eigenvalue weighted by atomic mass is 16.2. The molecule has 0 radical (unpaired) electrons. The Bertz CT molecular complexity index is 356. The van der Waals surface area contributed by atoms with Crippen LogP contribution in [-0.4, -0.2) is 54.0 Å². The number of carbonyl (C=O) groups excluding carboxylic acids is 1. The van der Waals surface area contributed by atoms with Gasteiger partial charge in [-0.05, 0) is 39.3 Å². The second-order valence-corrected chi connectivity index (χ2v) is 5.49. The lowest BCUT2D eigenvalue weighted by Crippen LogP contribution is -2.46. The summed E-state index contributed by atoms with van der Waals surface area (Å²) in [6.45, 7) is 5.87. The second kappa shape index (κ2) is 6.87. The van der Waals surface area contributed by atoms with Crippen LogP contribution in [0.1, 0.15) is 26.2 Å². The Balaban J connectivity index is 1.81. The molecule has 1 amide bonds. The molecule has 0 aliphatic carbocycles. The van der Waals surface area contributed by atoms with E-state index in [2.05, 4.69) is 4.90 Å². The molecule has 4 nitrogen and oxygen atoms in total. The minimum Gasteiger partial charge on any atom is -0.338 e. The first-order valence-electron chi connectivity index (χ1n) is 7.28. The largest absolute Gasteiger partial charge is 0.338 e. The predicted molar refractivity (Wildman–Crippen MR) is 77.7 cm³/mol. The Morgan fingerprint density at radius 1 is 1.16 bits per heavy atom. The predicted octanol–water partition coefficient (Wildman–Crippen LogP) is 1.14. The van der Waals surface area contributed by atoms with Crippen molar-refractivity contribution in [2.24, 2.45) is 5.73 Å². The molecular weight excluding hydrogens is 238 g/mol. The normalized spacial score (nSPS) is 26.8. The van der Waals surface area contributed by atoms with Gasteiger partial charge in [-0.25, -0.2) is 0 Å². The van der Waals surface area contributed by atoms with Crippen LogP contribution in [-0.2, 0) is 4.79 Å². The standard InChI is InChI=1S/C15H25N3O/c1-2-3-4-5-15(19)18-11-8-14(12-18)17-9-6-13(16)7-10-17/h2-5,13-14H,6-12,16H2,1H3/b3-2+,5-4?. The van der Waals surface area contributed by atoms with Gasteiger partial charge < -0.3 is 10.6 Å². The fraction of sp³-hybridized carbons (Fsp3) is 0.667. The van der Waals surface area contributed by atoms with E-state index in [1.807, 2.05) is 30.1 Å². The average molecular weight is 263 g/mol. The number of rotatable bonds is 3. The van der Waals surface area contributed by atoms with Gasteiger partial charge in [-0.2, -0.15) is 0 Å². The van der Waals surface area contributed by atoms with E-state index < -0.39 is 0 Å². The number of nitrogens with two attached hydrogens (primary N) is 1. The van der Waals surface area contributed by atoms with Crippen LogP contribution < -0.4 is 5.73 Å². The van der Waals surface area contributed by atoms with Gasteiger partial charge in [0.05, 0.1) is 0 Å². The average Bonchev–Trinajstić information content (AvgIpc) is 2.89. The van der Waals surface area contributed by atoms with E-state index in [-0.39, 0.29) is 5.91 Å². The zero-order chi connectivity index (χ0) is 13.7. The summed E-state index contributed by atoms with van der Waals surface area (Å²) in [4.78, 5) is 16.4. The van der Waals surface area contributed by atoms with Crippen molar-refractivity contribution in [3.05, 3.63) is 24.3 Å². The van der Waals surface area contributed by atoms with Gasteiger partial charge in [-0.15, -0.1) is 0 Å². The number of allylic oxidation sites excluding steroid dienone is 3. The van der Waals surface area contributed by atoms with E-state index in [9.17, 15) is 4.79 Å². The molecule has 2 N–H and O–H groups in total. The van der Waals surface area contributed by atoms with Crippen LogP contribution in [0.4, 0.5) is 0 Å². The molecule has 0 bridgehead atoms. The molecule has 0 aromatic heterocycles. The number of likely N-dealkylation sites (tertiary alicyclic amines) is 2. The number of carbonyl (C=O) groups is 1. The third-order valence-corrected chi connectivity index (χ3v) is 4.11. The van der Waals surface area contributed by atoms with Gasteiger partial charge in [0.25, 0.3) is 0 Å². The van der Waals surface area contributed by atoms with E-state index in [0.717, 1.165) is 45.4 Å². The maximum atomic E-state index is 12.0. The first kappa shape index (κ1) is 14.3. The maximum absolute atomic E-state index is 12.0. The van der Waals surface area contributed by atoms with E-state index >= 15 is 0 Å². The molecule has 0 spiro atoms. The van der Waals surface area contributed by atoms with Gasteiger partial charge in [0.2, 0.25) is 5.91 Å². The summed E-state index contributed by atoms with van der Waals surface area (Å²) in [7, 11) is 0. The van der Waals surface area contributed by atoms with Gasteiger partial charge in [-0.3, -0.25) is 9.69 Å². The summed E-state index contributed by atoms with van der Waals surface area (Å²) < 4.78 is 0. The summed E-state index contributed by atoms with van der Waals surface area (Å²) in [5, 5.41) is 0. The first-order chi connectivity index (χ1) is 9.20. The van der Waals surface area contributed by atoms with Crippen LogP contribution in [0.3, 0.4) is 0 Å². The Labute approximate surface area is 115 Å². The third-order valence-electron chi connectivity index (χ3n) is 4.11. The molecular formula is C15H25N3O. The van der Waals surface area contributed by atoms with Crippen molar-refractivity contribution in [2.45, 2.75) is 38.3 Å². The minimum absolute atomic E-state index is 0.134. The molecule has 2 aliphatic rings. The summed E-state index contributed by atoms with van der Waals surface area (Å²) in [6, 6.07) is 0.908. The minimum atomic E-state index is 0.134. The van der Waals surface area contributed by atoms with Crippen LogP contribution in [0, 0.1) is 0 Å². The van der Waals surface area contributed by atoms with Crippen LogP contribution >= 0.6 is 0 Å². The molecule has 106 valence electrons. The van der Waals surface area contributed by atoms with Crippen LogP contribution in [0.25, 0.3) is 0 Å². The van der Waals surface area contributed by atoms with Crippen molar-refractivity contribution < 1.29 is 4.79 Å². The quantitative estimate of drug-likeness (QED) is 0.614. The monoisotopic (exact) mass is 263 g/mol. The van der Waals surface area contributed by atoms with E-state index in [0.29, 0.717) is 12.1 Å². The number of piperidine rings is 1. The molecule has 0 saturated carbocycles. The molecule has 0 aromatic carbocycles. The van der Waals surface area contributed by atoms with Crippen molar-refractivity contribution in [2.75, 3.05) is 26.2 Å². The van der Waals surface area contributed by atoms with Crippen molar-refractivity contribution in [3.8, 4) is 0 Å². The summed E-state index contributed by atoms with van der Waals surface area (Å²) >= 11 is 0. The zero-order valence-electron chi connectivity index (χ0n) is 11.8. The fourth-order valence-corrected chi connectivity index (χ4v) is 2.88. The smallest absolute Gasteiger partial charge is 0.246 e. The van der Waals surface area contributed by atoms with Gasteiger partial charge in [0.15, 0.2) is 0 Å². The molecule has 2 saturated heterocycles. The first-order valence-corrected chi connectivity index (χ1v) is 7.28. The Morgan fingerprint density at radius 3 is 2.58 bits per heavy atom. The zero-order valence-corrected chi connectivity index (χ0v) is 11.8. The number of nitrogens with zero attached hydrogens (tertiary/aromatic N) is 2. The van der Waals surface area contributed by atoms with Crippen molar-refractivity contribution in [3.63, 3.8) is 0 Å². The van der Waals surface area contributed by atoms with Gasteiger partial charge in [-0.1, -0.05) is 18.2 Å². The molecule has 2 fully saturated rings. The van der Waals surface area contributed by atoms with Crippen LogP contribution in [0.15, 0.2) is 24.3 Å². The summed E-state index contributed by atoms with van der Waals surface area (Å²) in [5.41, 5.74) is 5.93. The SMILES string of the molecule is C/C=C/C=CC(=O)N1CCC(N2CCC(N)CC2)C1. The molecule has 19 heavy (non-hydrogen) atoms. The Morgan fingerprint density at radius 2 is 1.89 bits per heavy atom. The Hall–Kier alpha value is -1.13. The fourth-order valence-electron chi connectivity index (χ4n) is 2.88. The molecule has 2 heterocycles. The van der Waals surface area contributed by atoms with Crippen molar-refractivity contribution in [1.82, 2.24) is 9.80 Å². The molecule has 4 heteroatoms. The van der Waals surface area contributed by atoms with Gasteiger partial charge in [0, 0.05) is 31.2 Å². The number of hydrogen-bond acceptors (Lipinski definition) is 3. The second-order valence-electron chi connectivity index (χ2n) is 5.49. The topological polar surface area (TPSA) is 49.6 Å². The van der Waals surface area contributed by atoms with Gasteiger partial charge in [0.1, 0.15) is 0 Å². The molecule has 2 aliphatic heterocycles. The maximum Gasteiger partial charge on any atom is 0.246 e. The van der Waals surface area contributed by atoms with E-state index in [1.54, 1.807) is 6.08 Å². The highest BCUT2D eigenvalue weighted by Gasteiger charge is 2.31. The lowest BCUT2D eigenvalue weighted by Gasteiger charge is -2.34. The molecule has 2 rings (SSSR count). The molecule has 1 unspecified atom stereocenters. The van der Waals surface area contributed by atoms with Crippen LogP contribution in [0.5, 0.6) is 0 Å². The highest BCUT2D eigenvalue weighted by molar-refractivity contribution is 5.88. The molecule has 0 aromatic rings. The Kier molecular flexibility index (Phi) is 5.16. The number of amides is 1. The highest BCUT2D eigenvalue weighted by Crippen LogP contribution is 2.20. The lowest BCUT2D eigenvalue weighted by molar-refractivity contribution is -0.125. The van der Waals surface area contributed by atoms with Gasteiger partial charge >= 0.3 is 0 Å². The van der Waals surface area contributed by atoms with Crippen molar-refractivity contribution in [1.29, 1.82) is 0 Å². The third kappa shape index (κ3) is 3.91. The van der Waals surface area contributed by atoms with Crippen molar-refractivity contribution >= 4 is 5.91 Å². The van der Waals surface area contributed by atoms with E-state index in [1.165, 1.54) is 0 Å². The summed E-state index contributed by atoms with van der Waals surface area (Å²) in [6.07, 6.45) is 10.6.